The molecule has 2 saturated heterocycles. The Balaban J connectivity index is 1.67. The molecule has 17 nitrogen and oxygen atoms in total. The second-order valence-electron chi connectivity index (χ2n) is 13.4. The van der Waals surface area contributed by atoms with E-state index < -0.39 is 73.4 Å². The van der Waals surface area contributed by atoms with Crippen LogP contribution in [0.25, 0.3) is 11.2 Å². The Labute approximate surface area is 283 Å². The molecule has 0 bridgehead atoms. The van der Waals surface area contributed by atoms with Crippen molar-refractivity contribution < 1.29 is 56.4 Å². The lowest BCUT2D eigenvalue weighted by atomic mass is 10.1. The largest absolute Gasteiger partial charge is 0.462 e. The zero-order valence-corrected chi connectivity index (χ0v) is 30.3. The van der Waals surface area contributed by atoms with Crippen LogP contribution in [0.4, 0.5) is 15.4 Å². The van der Waals surface area contributed by atoms with Crippen LogP contribution in [0.15, 0.2) is 6.33 Å². The van der Waals surface area contributed by atoms with Gasteiger partial charge in [0, 0.05) is 0 Å². The molecule has 1 unspecified atom stereocenters. The lowest BCUT2D eigenvalue weighted by Gasteiger charge is -2.28. The quantitative estimate of drug-likeness (QED) is 0.132. The van der Waals surface area contributed by atoms with Crippen molar-refractivity contribution in [2.75, 3.05) is 30.9 Å². The fourth-order valence-electron chi connectivity index (χ4n) is 5.00. The number of fused-ring (bicyclic) bond motifs is 2. The van der Waals surface area contributed by atoms with Gasteiger partial charge in [0.15, 0.2) is 29.0 Å². The van der Waals surface area contributed by atoms with Crippen molar-refractivity contribution in [1.82, 2.24) is 19.5 Å². The number of nitrogens with zero attached hydrogens (tertiary/aromatic N) is 5. The van der Waals surface area contributed by atoms with Crippen LogP contribution in [-0.4, -0.2) is 99.0 Å². The van der Waals surface area contributed by atoms with E-state index >= 15 is 0 Å². The van der Waals surface area contributed by atoms with Crippen LogP contribution in [0.2, 0.25) is 5.28 Å². The van der Waals surface area contributed by atoms with Crippen molar-refractivity contribution in [1.29, 1.82) is 0 Å². The fourth-order valence-corrected chi connectivity index (χ4v) is 6.61. The van der Waals surface area contributed by atoms with Gasteiger partial charge in [0.05, 0.1) is 19.5 Å². The Bertz CT molecular complexity index is 1530. The summed E-state index contributed by atoms with van der Waals surface area (Å²) in [7, 11) is -3.69. The van der Waals surface area contributed by atoms with Gasteiger partial charge in [-0.3, -0.25) is 13.9 Å². The Morgan fingerprint density at radius 2 is 1.54 bits per heavy atom. The van der Waals surface area contributed by atoms with E-state index in [1.54, 1.807) is 69.2 Å². The van der Waals surface area contributed by atoms with Gasteiger partial charge in [0.1, 0.15) is 42.3 Å². The number of carbonyl (C=O) groups is 3. The van der Waals surface area contributed by atoms with Gasteiger partial charge >= 0.3 is 25.8 Å². The number of imide groups is 1. The van der Waals surface area contributed by atoms with Crippen molar-refractivity contribution in [2.45, 2.75) is 111 Å². The molecule has 0 aliphatic carbocycles. The van der Waals surface area contributed by atoms with E-state index in [2.05, 4.69) is 15.0 Å². The number of halogens is 1. The van der Waals surface area contributed by atoms with E-state index in [-0.39, 0.29) is 42.1 Å². The van der Waals surface area contributed by atoms with Crippen LogP contribution in [0.3, 0.4) is 0 Å². The van der Waals surface area contributed by atoms with Gasteiger partial charge in [-0.05, 0) is 80.8 Å². The molecule has 2 aromatic rings. The summed E-state index contributed by atoms with van der Waals surface area (Å²) in [5, 5.41) is -0.326. The zero-order valence-electron chi connectivity index (χ0n) is 28.7. The van der Waals surface area contributed by atoms with Gasteiger partial charge < -0.3 is 37.5 Å². The summed E-state index contributed by atoms with van der Waals surface area (Å²) >= 11 is 6.35. The molecule has 2 aliphatic rings. The molecule has 19 heteroatoms. The maximum Gasteiger partial charge on any atom is 0.425 e. The average Bonchev–Trinajstić information content (AvgIpc) is 3.56. The number of hydrogen-bond donors (Lipinski definition) is 0. The summed E-state index contributed by atoms with van der Waals surface area (Å²) in [6, 6.07) is 0. The maximum absolute atomic E-state index is 13.4. The fraction of sp³-hybridized carbons (Fsp3) is 0.724. The highest BCUT2D eigenvalue weighted by molar-refractivity contribution is 7.54. The first-order valence-electron chi connectivity index (χ1n) is 15.4. The van der Waals surface area contributed by atoms with E-state index in [0.29, 0.717) is 4.90 Å². The van der Waals surface area contributed by atoms with E-state index in [1.165, 1.54) is 10.9 Å². The lowest BCUT2D eigenvalue weighted by Crippen LogP contribution is -2.44. The van der Waals surface area contributed by atoms with Gasteiger partial charge in [-0.1, -0.05) is 0 Å². The number of carbonyl (C=O) groups excluding carboxylic acids is 3. The van der Waals surface area contributed by atoms with Gasteiger partial charge in [0.2, 0.25) is 5.28 Å². The minimum absolute atomic E-state index is 0.00748. The van der Waals surface area contributed by atoms with E-state index in [0.717, 1.165) is 0 Å². The first-order chi connectivity index (χ1) is 22.2. The molecule has 0 N–H and O–H groups in total. The predicted molar refractivity (Wildman–Crippen MR) is 170 cm³/mol. The highest BCUT2D eigenvalue weighted by atomic mass is 35.5. The minimum atomic E-state index is -3.69. The van der Waals surface area contributed by atoms with Crippen molar-refractivity contribution in [2.24, 2.45) is 0 Å². The molecule has 2 aromatic heterocycles. The Morgan fingerprint density at radius 1 is 0.979 bits per heavy atom. The molecule has 0 radical (unpaired) electrons. The van der Waals surface area contributed by atoms with Crippen LogP contribution in [-0.2, 0) is 46.8 Å². The normalized spacial score (nSPS) is 22.4. The first-order valence-corrected chi connectivity index (χ1v) is 17.5. The van der Waals surface area contributed by atoms with E-state index in [4.69, 9.17) is 49.1 Å². The summed E-state index contributed by atoms with van der Waals surface area (Å²) in [6.45, 7) is 16.4. The van der Waals surface area contributed by atoms with Crippen molar-refractivity contribution in [3.05, 3.63) is 11.6 Å². The van der Waals surface area contributed by atoms with Crippen LogP contribution >= 0.6 is 19.2 Å². The van der Waals surface area contributed by atoms with Crippen molar-refractivity contribution >= 4 is 54.3 Å². The molecular formula is C29H43ClN5O12P. The monoisotopic (exact) mass is 719 g/mol. The molecule has 2 aliphatic heterocycles. The summed E-state index contributed by atoms with van der Waals surface area (Å²) in [4.78, 5) is 52.9. The third-order valence-corrected chi connectivity index (χ3v) is 8.64. The number of amides is 2. The molecular weight excluding hydrogens is 677 g/mol. The van der Waals surface area contributed by atoms with Crippen LogP contribution < -0.4 is 4.90 Å². The molecule has 0 spiro atoms. The number of esters is 1. The molecule has 0 aromatic carbocycles. The highest BCUT2D eigenvalue weighted by Crippen LogP contribution is 2.48. The Kier molecular flexibility index (Phi) is 11.2. The lowest BCUT2D eigenvalue weighted by molar-refractivity contribution is -0.201. The molecule has 4 atom stereocenters. The molecule has 4 rings (SSSR count). The van der Waals surface area contributed by atoms with Crippen LogP contribution in [0.1, 0.15) is 75.5 Å². The zero-order chi connectivity index (χ0) is 35.8. The molecule has 2 fully saturated rings. The Hall–Kier alpha value is -2.92. The summed E-state index contributed by atoms with van der Waals surface area (Å²) in [5.41, 5.74) is -1.89. The predicted octanol–water partition coefficient (Wildman–Crippen LogP) is 5.38. The topological polar surface area (TPSA) is 189 Å². The highest BCUT2D eigenvalue weighted by Gasteiger charge is 2.56. The standard InChI is InChI=1S/C29H43ClN5O12P/c1-11-41-48(39,42-12-2)14-17(36)40-13-16-19-20(45-29(9,10)44-19)23(43-16)34-15-31-18-21(34)32-24(30)33-22(18)35(25(37)46-27(3,4)5)26(38)47-28(6,7)8/h15-16,19-20,23H,11-14H2,1-10H3/t16-,19+,20?,23-/m1/s1. The number of imidazole rings is 1. The molecule has 2 amide bonds. The smallest absolute Gasteiger partial charge is 0.425 e. The number of ether oxygens (including phenoxy) is 6. The number of aromatic nitrogens is 4. The molecule has 4 heterocycles. The number of hydrogen-bond acceptors (Lipinski definition) is 15. The molecule has 48 heavy (non-hydrogen) atoms. The van der Waals surface area contributed by atoms with Gasteiger partial charge in [-0.2, -0.15) is 14.9 Å². The summed E-state index contributed by atoms with van der Waals surface area (Å²) < 4.78 is 59.7. The SMILES string of the molecule is CCOP(=O)(CC(=O)OC[C@H]1O[C@@H](n2cnc3c(N(C(=O)OC(C)(C)C)C(=O)OC(C)(C)C)nc(Cl)nc32)C2OC(C)(C)O[C@H]21)OCC. The summed E-state index contributed by atoms with van der Waals surface area (Å²) in [6.07, 6.45) is -4.67. The Morgan fingerprint density at radius 3 is 2.08 bits per heavy atom. The van der Waals surface area contributed by atoms with E-state index in [9.17, 15) is 18.9 Å². The molecule has 268 valence electrons. The maximum atomic E-state index is 13.4. The minimum Gasteiger partial charge on any atom is -0.462 e. The second kappa shape index (κ2) is 14.1. The van der Waals surface area contributed by atoms with Crippen molar-refractivity contribution in [3.8, 4) is 0 Å². The van der Waals surface area contributed by atoms with E-state index in [1.807, 2.05) is 0 Å². The third-order valence-electron chi connectivity index (χ3n) is 6.52. The van der Waals surface area contributed by atoms with Crippen molar-refractivity contribution in [3.63, 3.8) is 0 Å². The van der Waals surface area contributed by atoms with Gasteiger partial charge in [-0.25, -0.2) is 14.6 Å². The van der Waals surface area contributed by atoms with Crippen LogP contribution in [0, 0.1) is 0 Å². The summed E-state index contributed by atoms with van der Waals surface area (Å²) in [5.74, 6) is -2.15. The number of anilines is 1. The second-order valence-corrected chi connectivity index (χ2v) is 15.7. The van der Waals surface area contributed by atoms with Crippen LogP contribution in [0.5, 0.6) is 0 Å². The molecule has 0 saturated carbocycles. The average molecular weight is 720 g/mol. The number of rotatable bonds is 10. The van der Waals surface area contributed by atoms with Gasteiger partial charge in [-0.15, -0.1) is 0 Å². The first kappa shape index (κ1) is 37.9. The third kappa shape index (κ3) is 9.00. The van der Waals surface area contributed by atoms with Gasteiger partial charge in [0.25, 0.3) is 0 Å².